The minimum absolute atomic E-state index is 0.0416. The summed E-state index contributed by atoms with van der Waals surface area (Å²) in [5.74, 6) is 0.935. The fourth-order valence-electron chi connectivity index (χ4n) is 1.71. The first-order valence-corrected chi connectivity index (χ1v) is 6.00. The Bertz CT molecular complexity index is 577. The molecule has 94 valence electrons. The van der Waals surface area contributed by atoms with Gasteiger partial charge in [0.2, 0.25) is 0 Å². The second kappa shape index (κ2) is 5.23. The van der Waals surface area contributed by atoms with E-state index in [4.69, 9.17) is 17.3 Å². The second-order valence-electron chi connectivity index (χ2n) is 4.11. The first kappa shape index (κ1) is 12.6. The van der Waals surface area contributed by atoms with E-state index in [1.807, 2.05) is 17.8 Å². The van der Waals surface area contributed by atoms with Crippen LogP contribution in [-0.2, 0) is 13.5 Å². The summed E-state index contributed by atoms with van der Waals surface area (Å²) in [6.07, 6.45) is 4.61. The van der Waals surface area contributed by atoms with Crippen LogP contribution in [0.25, 0.3) is 0 Å². The van der Waals surface area contributed by atoms with E-state index in [-0.39, 0.29) is 5.78 Å². The number of aryl methyl sites for hydroxylation is 2. The smallest absolute Gasteiger partial charge is 0.163 e. The zero-order valence-electron chi connectivity index (χ0n) is 10.1. The lowest BCUT2D eigenvalue weighted by Crippen LogP contribution is -2.05. The van der Waals surface area contributed by atoms with Crippen molar-refractivity contribution >= 4 is 23.1 Å². The minimum atomic E-state index is 0.0416. The van der Waals surface area contributed by atoms with Gasteiger partial charge in [0, 0.05) is 37.8 Å². The van der Waals surface area contributed by atoms with Gasteiger partial charge in [0.05, 0.1) is 10.7 Å². The van der Waals surface area contributed by atoms with E-state index in [9.17, 15) is 4.79 Å². The molecular weight excluding hydrogens is 250 g/mol. The van der Waals surface area contributed by atoms with E-state index in [0.29, 0.717) is 29.1 Å². The molecule has 2 N–H and O–H groups in total. The number of carbonyl (C=O) groups excluding carboxylic acids is 1. The fraction of sp³-hybridized carbons (Fsp3) is 0.231. The van der Waals surface area contributed by atoms with Gasteiger partial charge in [-0.3, -0.25) is 4.79 Å². The highest BCUT2D eigenvalue weighted by Gasteiger charge is 2.09. The topological polar surface area (TPSA) is 60.9 Å². The number of rotatable bonds is 4. The van der Waals surface area contributed by atoms with Gasteiger partial charge >= 0.3 is 0 Å². The molecule has 0 radical (unpaired) electrons. The van der Waals surface area contributed by atoms with E-state index in [2.05, 4.69) is 4.98 Å². The van der Waals surface area contributed by atoms with Crippen LogP contribution >= 0.6 is 11.6 Å². The van der Waals surface area contributed by atoms with Crippen molar-refractivity contribution in [1.82, 2.24) is 9.55 Å². The Morgan fingerprint density at radius 1 is 1.50 bits per heavy atom. The molecule has 18 heavy (non-hydrogen) atoms. The largest absolute Gasteiger partial charge is 0.398 e. The Hall–Kier alpha value is -1.81. The van der Waals surface area contributed by atoms with Crippen molar-refractivity contribution in [1.29, 1.82) is 0 Å². The van der Waals surface area contributed by atoms with Gasteiger partial charge in [-0.1, -0.05) is 11.6 Å². The SMILES string of the molecule is Cn1ccnc1CCC(=O)c1ccc(N)c(Cl)c1. The number of nitrogen functional groups attached to an aromatic ring is 1. The lowest BCUT2D eigenvalue weighted by molar-refractivity contribution is 0.0982. The summed E-state index contributed by atoms with van der Waals surface area (Å²) in [6, 6.07) is 4.95. The van der Waals surface area contributed by atoms with Crippen LogP contribution in [0.15, 0.2) is 30.6 Å². The molecule has 2 aromatic rings. The standard InChI is InChI=1S/C13H14ClN3O/c1-17-7-6-16-13(17)5-4-12(18)9-2-3-11(15)10(14)8-9/h2-3,6-8H,4-5,15H2,1H3. The van der Waals surface area contributed by atoms with Gasteiger partial charge in [-0.25, -0.2) is 4.98 Å². The fourth-order valence-corrected chi connectivity index (χ4v) is 1.89. The highest BCUT2D eigenvalue weighted by atomic mass is 35.5. The lowest BCUT2D eigenvalue weighted by atomic mass is 10.1. The monoisotopic (exact) mass is 263 g/mol. The van der Waals surface area contributed by atoms with Gasteiger partial charge in [-0.05, 0) is 18.2 Å². The molecule has 0 bridgehead atoms. The van der Waals surface area contributed by atoms with Gasteiger partial charge in [0.15, 0.2) is 5.78 Å². The molecule has 1 heterocycles. The van der Waals surface area contributed by atoms with Crippen molar-refractivity contribution < 1.29 is 4.79 Å². The highest BCUT2D eigenvalue weighted by Crippen LogP contribution is 2.20. The van der Waals surface area contributed by atoms with Crippen molar-refractivity contribution in [2.24, 2.45) is 7.05 Å². The number of carbonyl (C=O) groups is 1. The molecule has 0 saturated heterocycles. The van der Waals surface area contributed by atoms with E-state index >= 15 is 0 Å². The summed E-state index contributed by atoms with van der Waals surface area (Å²) in [5, 5.41) is 0.415. The van der Waals surface area contributed by atoms with E-state index in [1.54, 1.807) is 24.4 Å². The van der Waals surface area contributed by atoms with Crippen molar-refractivity contribution in [2.45, 2.75) is 12.8 Å². The summed E-state index contributed by atoms with van der Waals surface area (Å²) in [6.45, 7) is 0. The number of nitrogens with two attached hydrogens (primary N) is 1. The first-order valence-electron chi connectivity index (χ1n) is 5.62. The van der Waals surface area contributed by atoms with Gasteiger partial charge in [-0.15, -0.1) is 0 Å². The second-order valence-corrected chi connectivity index (χ2v) is 4.52. The maximum absolute atomic E-state index is 12.0. The maximum atomic E-state index is 12.0. The van der Waals surface area contributed by atoms with Crippen LogP contribution in [0.3, 0.4) is 0 Å². The summed E-state index contributed by atoms with van der Waals surface area (Å²) in [4.78, 5) is 16.2. The molecule has 1 aromatic carbocycles. The van der Waals surface area contributed by atoms with Gasteiger partial charge < -0.3 is 10.3 Å². The summed E-state index contributed by atoms with van der Waals surface area (Å²) >= 11 is 5.89. The molecule has 0 atom stereocenters. The summed E-state index contributed by atoms with van der Waals surface area (Å²) in [5.41, 5.74) is 6.67. The van der Waals surface area contributed by atoms with Gasteiger partial charge in [-0.2, -0.15) is 0 Å². The Balaban J connectivity index is 2.04. The molecule has 4 nitrogen and oxygen atoms in total. The first-order chi connectivity index (χ1) is 8.58. The molecular formula is C13H14ClN3O. The zero-order chi connectivity index (χ0) is 13.1. The average molecular weight is 264 g/mol. The van der Waals surface area contributed by atoms with E-state index in [0.717, 1.165) is 5.82 Å². The van der Waals surface area contributed by atoms with Crippen LogP contribution in [0.1, 0.15) is 22.6 Å². The van der Waals surface area contributed by atoms with Gasteiger partial charge in [0.1, 0.15) is 5.82 Å². The van der Waals surface area contributed by atoms with Crippen LogP contribution in [-0.4, -0.2) is 15.3 Å². The van der Waals surface area contributed by atoms with Crippen LogP contribution in [0.2, 0.25) is 5.02 Å². The van der Waals surface area contributed by atoms with E-state index in [1.165, 1.54) is 0 Å². The van der Waals surface area contributed by atoms with Crippen molar-refractivity contribution in [3.63, 3.8) is 0 Å². The van der Waals surface area contributed by atoms with Crippen LogP contribution in [0.5, 0.6) is 0 Å². The Labute approximate surface area is 110 Å². The summed E-state index contributed by atoms with van der Waals surface area (Å²) < 4.78 is 1.91. The molecule has 0 aliphatic rings. The normalized spacial score (nSPS) is 10.6. The Morgan fingerprint density at radius 2 is 2.28 bits per heavy atom. The lowest BCUT2D eigenvalue weighted by Gasteiger charge is -2.04. The van der Waals surface area contributed by atoms with Crippen LogP contribution in [0.4, 0.5) is 5.69 Å². The molecule has 0 amide bonds. The number of hydrogen-bond acceptors (Lipinski definition) is 3. The van der Waals surface area contributed by atoms with Gasteiger partial charge in [0.25, 0.3) is 0 Å². The molecule has 0 aliphatic carbocycles. The number of anilines is 1. The zero-order valence-corrected chi connectivity index (χ0v) is 10.8. The predicted octanol–water partition coefficient (Wildman–Crippen LogP) is 2.47. The molecule has 1 aromatic heterocycles. The number of hydrogen-bond donors (Lipinski definition) is 1. The molecule has 5 heteroatoms. The third-order valence-electron chi connectivity index (χ3n) is 2.82. The number of Topliss-reactive ketones (excluding diaryl/α,β-unsaturated/α-hetero) is 1. The number of nitrogens with zero attached hydrogens (tertiary/aromatic N) is 2. The quantitative estimate of drug-likeness (QED) is 0.681. The number of ketones is 1. The molecule has 0 spiro atoms. The molecule has 0 unspecified atom stereocenters. The van der Waals surface area contributed by atoms with Crippen molar-refractivity contribution in [3.05, 3.63) is 47.0 Å². The van der Waals surface area contributed by atoms with Crippen LogP contribution < -0.4 is 5.73 Å². The van der Waals surface area contributed by atoms with Crippen molar-refractivity contribution in [2.75, 3.05) is 5.73 Å². The average Bonchev–Trinajstić information content (AvgIpc) is 2.75. The Morgan fingerprint density at radius 3 is 2.89 bits per heavy atom. The van der Waals surface area contributed by atoms with Crippen molar-refractivity contribution in [3.8, 4) is 0 Å². The number of imidazole rings is 1. The molecule has 0 aliphatic heterocycles. The highest BCUT2D eigenvalue weighted by molar-refractivity contribution is 6.33. The number of benzene rings is 1. The molecule has 2 rings (SSSR count). The number of aromatic nitrogens is 2. The summed E-state index contributed by atoms with van der Waals surface area (Å²) in [7, 11) is 1.91. The van der Waals surface area contributed by atoms with Crippen LogP contribution in [0, 0.1) is 0 Å². The number of halogens is 1. The molecule has 0 fully saturated rings. The molecule has 0 saturated carbocycles. The minimum Gasteiger partial charge on any atom is -0.398 e. The third kappa shape index (κ3) is 2.71. The predicted molar refractivity (Wildman–Crippen MR) is 71.7 cm³/mol. The van der Waals surface area contributed by atoms with E-state index < -0.39 is 0 Å². The maximum Gasteiger partial charge on any atom is 0.163 e. The Kier molecular flexibility index (Phi) is 3.67. The third-order valence-corrected chi connectivity index (χ3v) is 3.15.